The first-order valence-corrected chi connectivity index (χ1v) is 8.34. The molecule has 1 N–H and O–H groups in total. The molecule has 5 heteroatoms. The minimum absolute atomic E-state index is 0.390. The number of benzene rings is 1. The van der Waals surface area contributed by atoms with Crippen molar-refractivity contribution in [3.05, 3.63) is 29.8 Å². The van der Waals surface area contributed by atoms with E-state index in [0.717, 1.165) is 18.9 Å². The van der Waals surface area contributed by atoms with Crippen LogP contribution in [0.5, 0.6) is 0 Å². The summed E-state index contributed by atoms with van der Waals surface area (Å²) >= 11 is 1.59. The Morgan fingerprint density at radius 2 is 2.24 bits per heavy atom. The summed E-state index contributed by atoms with van der Waals surface area (Å²) < 4.78 is 3.37. The maximum absolute atomic E-state index is 4.57. The Morgan fingerprint density at radius 1 is 1.43 bits per heavy atom. The third-order valence-electron chi connectivity index (χ3n) is 3.54. The van der Waals surface area contributed by atoms with E-state index in [0.29, 0.717) is 12.0 Å². The molecule has 0 saturated heterocycles. The van der Waals surface area contributed by atoms with Crippen molar-refractivity contribution in [3.8, 4) is 0 Å². The molecule has 1 aliphatic rings. The average molecular weight is 304 g/mol. The molecule has 4 nitrogen and oxygen atoms in total. The fraction of sp³-hybridized carbons (Fsp3) is 0.500. The van der Waals surface area contributed by atoms with E-state index in [1.165, 1.54) is 10.5 Å². The summed E-state index contributed by atoms with van der Waals surface area (Å²) in [6.45, 7) is 9.29. The van der Waals surface area contributed by atoms with Crippen molar-refractivity contribution < 1.29 is 0 Å². The van der Waals surface area contributed by atoms with Crippen LogP contribution in [0, 0.1) is 12.8 Å². The number of aryl methyl sites for hydroxylation is 1. The Labute approximate surface area is 131 Å². The summed E-state index contributed by atoms with van der Waals surface area (Å²) in [5.41, 5.74) is 1.26. The van der Waals surface area contributed by atoms with Crippen molar-refractivity contribution in [2.45, 2.75) is 45.1 Å². The molecule has 0 radical (unpaired) electrons. The van der Waals surface area contributed by atoms with Crippen LogP contribution < -0.4 is 4.72 Å². The summed E-state index contributed by atoms with van der Waals surface area (Å²) in [5, 5.41) is 6.54. The van der Waals surface area contributed by atoms with Gasteiger partial charge in [-0.15, -0.1) is 0 Å². The maximum atomic E-state index is 4.57. The average Bonchev–Trinajstić information content (AvgIpc) is 2.84. The third kappa shape index (κ3) is 4.00. The van der Waals surface area contributed by atoms with Gasteiger partial charge < -0.3 is 0 Å². The lowest BCUT2D eigenvalue weighted by molar-refractivity contribution is 0.305. The van der Waals surface area contributed by atoms with Crippen LogP contribution in [0.2, 0.25) is 0 Å². The van der Waals surface area contributed by atoms with E-state index in [1.54, 1.807) is 11.9 Å². The van der Waals surface area contributed by atoms with E-state index in [2.05, 4.69) is 59.9 Å². The summed E-state index contributed by atoms with van der Waals surface area (Å²) in [4.78, 5) is 5.76. The van der Waals surface area contributed by atoms with Crippen LogP contribution in [-0.2, 0) is 0 Å². The zero-order chi connectivity index (χ0) is 15.2. The lowest BCUT2D eigenvalue weighted by atomic mass is 10.0. The molecule has 114 valence electrons. The summed E-state index contributed by atoms with van der Waals surface area (Å²) in [6.07, 6.45) is 3.07. The lowest BCUT2D eigenvalue weighted by Gasteiger charge is -2.26. The molecule has 0 spiro atoms. The van der Waals surface area contributed by atoms with Crippen LogP contribution in [0.25, 0.3) is 0 Å². The summed E-state index contributed by atoms with van der Waals surface area (Å²) in [7, 11) is 0. The number of hydrogen-bond donors (Lipinski definition) is 1. The second-order valence-electron chi connectivity index (χ2n) is 5.26. The molecule has 1 aromatic rings. The van der Waals surface area contributed by atoms with Crippen LogP contribution in [0.3, 0.4) is 0 Å². The van der Waals surface area contributed by atoms with Crippen LogP contribution in [0.1, 0.15) is 32.8 Å². The molecule has 21 heavy (non-hydrogen) atoms. The van der Waals surface area contributed by atoms with Gasteiger partial charge in [0, 0.05) is 23.6 Å². The highest BCUT2D eigenvalue weighted by atomic mass is 32.2. The summed E-state index contributed by atoms with van der Waals surface area (Å²) in [6, 6.07) is 8.82. The van der Waals surface area contributed by atoms with Gasteiger partial charge in [0.1, 0.15) is 0 Å². The van der Waals surface area contributed by atoms with Gasteiger partial charge in [-0.1, -0.05) is 26.0 Å². The Balaban J connectivity index is 2.06. The minimum atomic E-state index is 0.390. The molecule has 0 aliphatic carbocycles. The van der Waals surface area contributed by atoms with E-state index in [1.807, 2.05) is 18.1 Å². The van der Waals surface area contributed by atoms with Gasteiger partial charge in [0.05, 0.1) is 6.04 Å². The highest BCUT2D eigenvalue weighted by Gasteiger charge is 2.29. The van der Waals surface area contributed by atoms with E-state index in [-0.39, 0.29) is 0 Å². The number of nitrogens with zero attached hydrogens (tertiary/aromatic N) is 3. The zero-order valence-corrected chi connectivity index (χ0v) is 14.0. The molecular formula is C16H24N4S. The van der Waals surface area contributed by atoms with E-state index < -0.39 is 0 Å². The molecule has 0 saturated carbocycles. The maximum Gasteiger partial charge on any atom is 0.225 e. The molecule has 0 bridgehead atoms. The summed E-state index contributed by atoms with van der Waals surface area (Å²) in [5.74, 6) is 1.30. The van der Waals surface area contributed by atoms with Crippen molar-refractivity contribution in [3.63, 3.8) is 0 Å². The lowest BCUT2D eigenvalue weighted by Crippen LogP contribution is -2.41. The van der Waals surface area contributed by atoms with Gasteiger partial charge in [0.25, 0.3) is 0 Å². The number of hydrogen-bond acceptors (Lipinski definition) is 3. The number of rotatable bonds is 4. The number of guanidine groups is 1. The Bertz CT molecular complexity index is 527. The molecule has 0 amide bonds. The van der Waals surface area contributed by atoms with Crippen molar-refractivity contribution in [1.82, 2.24) is 9.73 Å². The monoisotopic (exact) mass is 304 g/mol. The normalized spacial score (nSPS) is 21.9. The molecule has 2 atom stereocenters. The van der Waals surface area contributed by atoms with Gasteiger partial charge in [-0.3, -0.25) is 9.71 Å². The first-order chi connectivity index (χ1) is 10.2. The van der Waals surface area contributed by atoms with Gasteiger partial charge in [-0.05, 0) is 49.9 Å². The predicted molar refractivity (Wildman–Crippen MR) is 91.7 cm³/mol. The van der Waals surface area contributed by atoms with Gasteiger partial charge in [0.2, 0.25) is 5.96 Å². The molecule has 0 aromatic heterocycles. The Hall–Kier alpha value is -1.49. The van der Waals surface area contributed by atoms with Crippen LogP contribution in [-0.4, -0.2) is 29.8 Å². The zero-order valence-electron chi connectivity index (χ0n) is 13.2. The first kappa shape index (κ1) is 15.9. The van der Waals surface area contributed by atoms with Crippen LogP contribution in [0.4, 0.5) is 0 Å². The molecule has 1 heterocycles. The third-order valence-corrected chi connectivity index (χ3v) is 4.31. The van der Waals surface area contributed by atoms with Gasteiger partial charge in [-0.25, -0.2) is 5.01 Å². The molecule has 2 rings (SSSR count). The second-order valence-corrected chi connectivity index (χ2v) is 6.14. The Kier molecular flexibility index (Phi) is 5.67. The number of aliphatic imine (C=N–C) groups is 1. The highest BCUT2D eigenvalue weighted by molar-refractivity contribution is 7.98. The van der Waals surface area contributed by atoms with Crippen molar-refractivity contribution in [2.75, 3.05) is 6.54 Å². The standard InChI is InChI=1S/C16H24N4S/c1-5-15-13(4)11-18-20(15)16(17-6-2)19-21-14-9-7-8-12(3)10-14/h7-11,13,15H,5-6H2,1-4H3,(H,17,19). The van der Waals surface area contributed by atoms with Gasteiger partial charge in [0.15, 0.2) is 0 Å². The molecule has 1 aliphatic heterocycles. The number of nitrogens with one attached hydrogen (secondary N) is 1. The van der Waals surface area contributed by atoms with Crippen molar-refractivity contribution >= 4 is 24.1 Å². The van der Waals surface area contributed by atoms with Gasteiger partial charge >= 0.3 is 0 Å². The van der Waals surface area contributed by atoms with Gasteiger partial charge in [-0.2, -0.15) is 5.10 Å². The Morgan fingerprint density at radius 3 is 2.90 bits per heavy atom. The SMILES string of the molecule is CCN=C(NSc1cccc(C)c1)N1N=CC(C)C1CC. The number of hydrazone groups is 1. The topological polar surface area (TPSA) is 40.0 Å². The fourth-order valence-electron chi connectivity index (χ4n) is 2.43. The minimum Gasteiger partial charge on any atom is -0.295 e. The van der Waals surface area contributed by atoms with Crippen LogP contribution in [0.15, 0.2) is 39.3 Å². The first-order valence-electron chi connectivity index (χ1n) is 7.53. The van der Waals surface area contributed by atoms with E-state index >= 15 is 0 Å². The molecular weight excluding hydrogens is 280 g/mol. The van der Waals surface area contributed by atoms with Crippen molar-refractivity contribution in [2.24, 2.45) is 16.0 Å². The largest absolute Gasteiger partial charge is 0.295 e. The fourth-order valence-corrected chi connectivity index (χ4v) is 3.18. The van der Waals surface area contributed by atoms with Crippen LogP contribution >= 0.6 is 11.9 Å². The molecule has 2 unspecified atom stereocenters. The molecule has 1 aromatic carbocycles. The molecule has 0 fully saturated rings. The smallest absolute Gasteiger partial charge is 0.225 e. The van der Waals surface area contributed by atoms with E-state index in [4.69, 9.17) is 0 Å². The second kappa shape index (κ2) is 7.50. The highest BCUT2D eigenvalue weighted by Crippen LogP contribution is 2.22. The van der Waals surface area contributed by atoms with Crippen molar-refractivity contribution in [1.29, 1.82) is 0 Å². The quantitative estimate of drug-likeness (QED) is 0.524. The van der Waals surface area contributed by atoms with E-state index in [9.17, 15) is 0 Å². The predicted octanol–water partition coefficient (Wildman–Crippen LogP) is 3.68.